The molecule has 5 heteroatoms. The second-order valence-electron chi connectivity index (χ2n) is 5.59. The van der Waals surface area contributed by atoms with E-state index in [1.54, 1.807) is 48.7 Å². The van der Waals surface area contributed by atoms with Gasteiger partial charge in [0.1, 0.15) is 11.5 Å². The second kappa shape index (κ2) is 7.73. The van der Waals surface area contributed by atoms with Crippen LogP contribution in [0.1, 0.15) is 21.6 Å². The Kier molecular flexibility index (Phi) is 5.21. The van der Waals surface area contributed by atoms with Crippen LogP contribution in [0.3, 0.4) is 0 Å². The van der Waals surface area contributed by atoms with Crippen molar-refractivity contribution in [2.24, 2.45) is 0 Å². The summed E-state index contributed by atoms with van der Waals surface area (Å²) in [4.78, 5) is 16.6. The summed E-state index contributed by atoms with van der Waals surface area (Å²) in [5.74, 6) is 3.30. The van der Waals surface area contributed by atoms with Crippen molar-refractivity contribution in [3.8, 4) is 23.8 Å². The standard InChI is InChI=1S/C21H15ClN2O2/c1-3-15-5-4-6-16(9-15)21(25)24-18-10-17(22)11-20(12-18)26-19-8-7-14(2)23-13-19/h1,4-13H,2H3,(H,24,25). The molecule has 0 atom stereocenters. The van der Waals surface area contributed by atoms with Crippen LogP contribution >= 0.6 is 11.6 Å². The number of nitrogens with one attached hydrogen (secondary N) is 1. The average molecular weight is 363 g/mol. The number of carbonyl (C=O) groups is 1. The topological polar surface area (TPSA) is 51.2 Å². The molecule has 1 N–H and O–H groups in total. The van der Waals surface area contributed by atoms with Crippen molar-refractivity contribution in [1.82, 2.24) is 4.98 Å². The van der Waals surface area contributed by atoms with Crippen molar-refractivity contribution < 1.29 is 9.53 Å². The van der Waals surface area contributed by atoms with Gasteiger partial charge >= 0.3 is 0 Å². The number of pyridine rings is 1. The number of carbonyl (C=O) groups excluding carboxylic acids is 1. The zero-order chi connectivity index (χ0) is 18.5. The molecular weight excluding hydrogens is 348 g/mol. The lowest BCUT2D eigenvalue weighted by Gasteiger charge is -2.10. The highest BCUT2D eigenvalue weighted by Gasteiger charge is 2.09. The van der Waals surface area contributed by atoms with Crippen molar-refractivity contribution in [1.29, 1.82) is 0 Å². The summed E-state index contributed by atoms with van der Waals surface area (Å²) in [6.07, 6.45) is 7.00. The number of benzene rings is 2. The number of amides is 1. The molecule has 3 aromatic rings. The van der Waals surface area contributed by atoms with Crippen molar-refractivity contribution >= 4 is 23.2 Å². The Morgan fingerprint density at radius 3 is 2.73 bits per heavy atom. The number of aromatic nitrogens is 1. The lowest BCUT2D eigenvalue weighted by molar-refractivity contribution is 0.102. The smallest absolute Gasteiger partial charge is 0.255 e. The van der Waals surface area contributed by atoms with Crippen LogP contribution < -0.4 is 10.1 Å². The molecule has 1 amide bonds. The van der Waals surface area contributed by atoms with Crippen LogP contribution in [0.4, 0.5) is 5.69 Å². The van der Waals surface area contributed by atoms with Crippen LogP contribution in [0.5, 0.6) is 11.5 Å². The Bertz CT molecular complexity index is 992. The van der Waals surface area contributed by atoms with Gasteiger partial charge in [0.2, 0.25) is 0 Å². The maximum Gasteiger partial charge on any atom is 0.255 e. The third-order valence-electron chi connectivity index (χ3n) is 3.54. The number of hydrogen-bond acceptors (Lipinski definition) is 3. The number of nitrogens with zero attached hydrogens (tertiary/aromatic N) is 1. The first-order valence-electron chi connectivity index (χ1n) is 7.82. The van der Waals surface area contributed by atoms with E-state index >= 15 is 0 Å². The molecule has 3 rings (SSSR count). The fourth-order valence-corrected chi connectivity index (χ4v) is 2.52. The summed E-state index contributed by atoms with van der Waals surface area (Å²) in [7, 11) is 0. The van der Waals surface area contributed by atoms with Gasteiger partial charge in [0.15, 0.2) is 0 Å². The van der Waals surface area contributed by atoms with Gasteiger partial charge in [0, 0.05) is 33.6 Å². The molecule has 0 aliphatic rings. The van der Waals surface area contributed by atoms with Gasteiger partial charge < -0.3 is 10.1 Å². The lowest BCUT2D eigenvalue weighted by Crippen LogP contribution is -2.12. The highest BCUT2D eigenvalue weighted by atomic mass is 35.5. The zero-order valence-electron chi connectivity index (χ0n) is 14.0. The van der Waals surface area contributed by atoms with Gasteiger partial charge in [-0.2, -0.15) is 0 Å². The van der Waals surface area contributed by atoms with E-state index in [1.165, 1.54) is 0 Å². The number of aryl methyl sites for hydroxylation is 1. The molecule has 0 unspecified atom stereocenters. The molecule has 128 valence electrons. The molecule has 0 aliphatic heterocycles. The molecule has 0 saturated carbocycles. The van der Waals surface area contributed by atoms with E-state index in [9.17, 15) is 4.79 Å². The molecule has 0 spiro atoms. The van der Waals surface area contributed by atoms with Gasteiger partial charge in [-0.15, -0.1) is 6.42 Å². The van der Waals surface area contributed by atoms with E-state index in [2.05, 4.69) is 16.2 Å². The normalized spacial score (nSPS) is 10.0. The summed E-state index contributed by atoms with van der Waals surface area (Å²) in [5.41, 5.74) is 2.51. The van der Waals surface area contributed by atoms with Crippen LogP contribution in [0.15, 0.2) is 60.8 Å². The molecule has 1 aromatic heterocycles. The number of terminal acetylenes is 1. The number of anilines is 1. The SMILES string of the molecule is C#Cc1cccc(C(=O)Nc2cc(Cl)cc(Oc3ccc(C)nc3)c2)c1. The first-order valence-corrected chi connectivity index (χ1v) is 8.20. The number of hydrogen-bond donors (Lipinski definition) is 1. The molecule has 0 fully saturated rings. The molecule has 0 aliphatic carbocycles. The maximum absolute atomic E-state index is 12.4. The minimum Gasteiger partial charge on any atom is -0.456 e. The highest BCUT2D eigenvalue weighted by molar-refractivity contribution is 6.31. The Labute approximate surface area is 156 Å². The summed E-state index contributed by atoms with van der Waals surface area (Å²) >= 11 is 6.15. The van der Waals surface area contributed by atoms with Crippen molar-refractivity contribution in [2.75, 3.05) is 5.32 Å². The molecule has 1 heterocycles. The minimum atomic E-state index is -0.285. The van der Waals surface area contributed by atoms with Gasteiger partial charge in [0.25, 0.3) is 5.91 Å². The predicted octanol–water partition coefficient (Wildman–Crippen LogP) is 5.07. The van der Waals surface area contributed by atoms with E-state index in [1.807, 2.05) is 19.1 Å². The van der Waals surface area contributed by atoms with E-state index in [-0.39, 0.29) is 5.91 Å². The molecule has 0 bridgehead atoms. The third kappa shape index (κ3) is 4.41. The van der Waals surface area contributed by atoms with Crippen LogP contribution in [0.2, 0.25) is 5.02 Å². The average Bonchev–Trinajstić information content (AvgIpc) is 2.63. The lowest BCUT2D eigenvalue weighted by atomic mass is 10.1. The van der Waals surface area contributed by atoms with E-state index < -0.39 is 0 Å². The van der Waals surface area contributed by atoms with Gasteiger partial charge in [-0.05, 0) is 49.4 Å². The fraction of sp³-hybridized carbons (Fsp3) is 0.0476. The first-order chi connectivity index (χ1) is 12.5. The van der Waals surface area contributed by atoms with Gasteiger partial charge in [-0.3, -0.25) is 9.78 Å². The maximum atomic E-state index is 12.4. The van der Waals surface area contributed by atoms with Crippen LogP contribution in [-0.2, 0) is 0 Å². The van der Waals surface area contributed by atoms with E-state index in [0.717, 1.165) is 5.69 Å². The van der Waals surface area contributed by atoms with Gasteiger partial charge in [0.05, 0.1) is 6.20 Å². The molecule has 2 aromatic carbocycles. The molecular formula is C21H15ClN2O2. The van der Waals surface area contributed by atoms with Crippen LogP contribution in [0, 0.1) is 19.3 Å². The molecule has 4 nitrogen and oxygen atoms in total. The molecule has 26 heavy (non-hydrogen) atoms. The Hall–Kier alpha value is -3.29. The second-order valence-corrected chi connectivity index (χ2v) is 6.03. The summed E-state index contributed by atoms with van der Waals surface area (Å²) in [6, 6.07) is 15.5. The van der Waals surface area contributed by atoms with Gasteiger partial charge in [-0.1, -0.05) is 23.6 Å². The highest BCUT2D eigenvalue weighted by Crippen LogP contribution is 2.28. The van der Waals surface area contributed by atoms with Crippen molar-refractivity contribution in [3.63, 3.8) is 0 Å². The first kappa shape index (κ1) is 17.5. The number of halogens is 1. The third-order valence-corrected chi connectivity index (χ3v) is 3.76. The fourth-order valence-electron chi connectivity index (χ4n) is 2.30. The quantitative estimate of drug-likeness (QED) is 0.659. The molecule has 0 radical (unpaired) electrons. The van der Waals surface area contributed by atoms with Gasteiger partial charge in [-0.25, -0.2) is 0 Å². The van der Waals surface area contributed by atoms with Crippen molar-refractivity contribution in [2.45, 2.75) is 6.92 Å². The van der Waals surface area contributed by atoms with Crippen LogP contribution in [0.25, 0.3) is 0 Å². The van der Waals surface area contributed by atoms with Crippen LogP contribution in [-0.4, -0.2) is 10.9 Å². The van der Waals surface area contributed by atoms with Crippen molar-refractivity contribution in [3.05, 3.63) is 82.6 Å². The predicted molar refractivity (Wildman–Crippen MR) is 103 cm³/mol. The Morgan fingerprint density at radius 2 is 2.00 bits per heavy atom. The van der Waals surface area contributed by atoms with E-state index in [4.69, 9.17) is 22.8 Å². The summed E-state index contributed by atoms with van der Waals surface area (Å²) < 4.78 is 5.75. The summed E-state index contributed by atoms with van der Waals surface area (Å²) in [5, 5.41) is 3.24. The monoisotopic (exact) mass is 362 g/mol. The number of rotatable bonds is 4. The van der Waals surface area contributed by atoms with E-state index in [0.29, 0.717) is 33.3 Å². The number of ether oxygens (including phenoxy) is 1. The zero-order valence-corrected chi connectivity index (χ0v) is 14.7. The Balaban J connectivity index is 1.79. The largest absolute Gasteiger partial charge is 0.456 e. The Morgan fingerprint density at radius 1 is 1.15 bits per heavy atom. The minimum absolute atomic E-state index is 0.285. The molecule has 0 saturated heterocycles. The summed E-state index contributed by atoms with van der Waals surface area (Å²) in [6.45, 7) is 1.89.